The molecule has 1 aliphatic heterocycles. The highest BCUT2D eigenvalue weighted by atomic mass is 19.4. The van der Waals surface area contributed by atoms with Crippen molar-refractivity contribution in [2.45, 2.75) is 57.9 Å². The molecule has 0 aliphatic carbocycles. The first-order valence-corrected chi connectivity index (χ1v) is 12.1. The Bertz CT molecular complexity index is 1150. The van der Waals surface area contributed by atoms with Crippen molar-refractivity contribution in [3.63, 3.8) is 0 Å². The van der Waals surface area contributed by atoms with Crippen LogP contribution >= 0.6 is 0 Å². The highest BCUT2D eigenvalue weighted by molar-refractivity contribution is 6.05. The standard InChI is InChI=1S/C24H32N4O3.C2HF3O2/c1-15(2)21(27-22(29)16(3)25-4)24(31)28-14-8-13-20(28)23(30)26-19-12-7-10-17-9-5-6-11-18(17)19;3-2(4,5)1(6)7/h5-7,9-12,15-16,20-21,25H,8,13-14H2,1-4H3,(H,26,30)(H,27,29);(H,6,7)/t16-,20-,21-;/m0./s1. The molecule has 3 rings (SSSR count). The molecule has 9 nitrogen and oxygen atoms in total. The lowest BCUT2D eigenvalue weighted by atomic mass is 10.0. The number of hydrogen-bond acceptors (Lipinski definition) is 5. The number of rotatable bonds is 7. The number of likely N-dealkylation sites (tertiary alicyclic amines) is 1. The summed E-state index contributed by atoms with van der Waals surface area (Å²) in [5.41, 5.74) is 0.735. The summed E-state index contributed by atoms with van der Waals surface area (Å²) in [5, 5.41) is 17.9. The van der Waals surface area contributed by atoms with Crippen LogP contribution in [-0.4, -0.2) is 71.6 Å². The van der Waals surface area contributed by atoms with Gasteiger partial charge in [-0.3, -0.25) is 14.4 Å². The number of halogens is 3. The van der Waals surface area contributed by atoms with Gasteiger partial charge in [0.05, 0.1) is 6.04 Å². The second-order valence-electron chi connectivity index (χ2n) is 9.25. The predicted octanol–water partition coefficient (Wildman–Crippen LogP) is 3.15. The zero-order chi connectivity index (χ0) is 28.6. The largest absolute Gasteiger partial charge is 0.490 e. The smallest absolute Gasteiger partial charge is 0.475 e. The Balaban J connectivity index is 0.000000638. The van der Waals surface area contributed by atoms with Gasteiger partial charge in [-0.05, 0) is 44.2 Å². The molecule has 4 N–H and O–H groups in total. The maximum atomic E-state index is 13.3. The summed E-state index contributed by atoms with van der Waals surface area (Å²) in [6, 6.07) is 12.0. The fourth-order valence-corrected chi connectivity index (χ4v) is 3.96. The highest BCUT2D eigenvalue weighted by Crippen LogP contribution is 2.26. The molecule has 1 heterocycles. The molecule has 12 heteroatoms. The number of hydrogen-bond donors (Lipinski definition) is 4. The number of likely N-dealkylation sites (N-methyl/N-ethyl adjacent to an activating group) is 1. The summed E-state index contributed by atoms with van der Waals surface area (Å²) in [6.07, 6.45) is -3.72. The molecule has 0 radical (unpaired) electrons. The van der Waals surface area contributed by atoms with Crippen LogP contribution in [0.2, 0.25) is 0 Å². The number of nitrogens with zero attached hydrogens (tertiary/aromatic N) is 1. The maximum Gasteiger partial charge on any atom is 0.490 e. The number of alkyl halides is 3. The van der Waals surface area contributed by atoms with Gasteiger partial charge in [0.1, 0.15) is 12.1 Å². The quantitative estimate of drug-likeness (QED) is 0.429. The molecule has 1 saturated heterocycles. The molecular formula is C26H33F3N4O5. The molecule has 0 unspecified atom stereocenters. The van der Waals surface area contributed by atoms with Gasteiger partial charge in [-0.1, -0.05) is 50.2 Å². The molecule has 1 aliphatic rings. The van der Waals surface area contributed by atoms with Gasteiger partial charge in [0.15, 0.2) is 0 Å². The van der Waals surface area contributed by atoms with Gasteiger partial charge in [-0.25, -0.2) is 4.79 Å². The number of carboxylic acid groups (broad SMARTS) is 1. The van der Waals surface area contributed by atoms with Crippen LogP contribution < -0.4 is 16.0 Å². The Kier molecular flexibility index (Phi) is 10.6. The van der Waals surface area contributed by atoms with Crippen LogP contribution in [0.5, 0.6) is 0 Å². The van der Waals surface area contributed by atoms with E-state index in [2.05, 4.69) is 16.0 Å². The summed E-state index contributed by atoms with van der Waals surface area (Å²) >= 11 is 0. The van der Waals surface area contributed by atoms with E-state index in [1.807, 2.05) is 56.3 Å². The molecule has 1 fully saturated rings. The average Bonchev–Trinajstić information content (AvgIpc) is 3.36. The molecule has 0 bridgehead atoms. The number of amides is 3. The summed E-state index contributed by atoms with van der Waals surface area (Å²) in [6.45, 7) is 6.04. The lowest BCUT2D eigenvalue weighted by Crippen LogP contribution is -2.56. The summed E-state index contributed by atoms with van der Waals surface area (Å²) < 4.78 is 31.7. The molecule has 38 heavy (non-hydrogen) atoms. The Hall–Kier alpha value is -3.67. The maximum absolute atomic E-state index is 13.3. The monoisotopic (exact) mass is 538 g/mol. The molecule has 2 aromatic carbocycles. The summed E-state index contributed by atoms with van der Waals surface area (Å²) in [4.78, 5) is 49.3. The van der Waals surface area contributed by atoms with Crippen molar-refractivity contribution in [2.24, 2.45) is 5.92 Å². The van der Waals surface area contributed by atoms with Crippen molar-refractivity contribution in [1.29, 1.82) is 0 Å². The molecule has 3 amide bonds. The van der Waals surface area contributed by atoms with Crippen molar-refractivity contribution in [1.82, 2.24) is 15.5 Å². The van der Waals surface area contributed by atoms with Gasteiger partial charge in [-0.2, -0.15) is 13.2 Å². The second kappa shape index (κ2) is 13.2. The average molecular weight is 539 g/mol. The van der Waals surface area contributed by atoms with Crippen LogP contribution in [0.3, 0.4) is 0 Å². The minimum atomic E-state index is -5.08. The lowest BCUT2D eigenvalue weighted by molar-refractivity contribution is -0.192. The van der Waals surface area contributed by atoms with Crippen LogP contribution in [0.1, 0.15) is 33.6 Å². The normalized spacial score (nSPS) is 16.8. The van der Waals surface area contributed by atoms with E-state index in [9.17, 15) is 27.6 Å². The first kappa shape index (κ1) is 30.6. The molecule has 0 saturated carbocycles. The van der Waals surface area contributed by atoms with E-state index in [4.69, 9.17) is 9.90 Å². The Morgan fingerprint density at radius 2 is 1.63 bits per heavy atom. The second-order valence-corrected chi connectivity index (χ2v) is 9.25. The molecule has 0 aromatic heterocycles. The van der Waals surface area contributed by atoms with E-state index in [0.29, 0.717) is 13.0 Å². The van der Waals surface area contributed by atoms with Crippen LogP contribution in [0.15, 0.2) is 42.5 Å². The van der Waals surface area contributed by atoms with E-state index in [1.165, 1.54) is 0 Å². The summed E-state index contributed by atoms with van der Waals surface area (Å²) in [7, 11) is 1.70. The number of aliphatic carboxylic acids is 1. The molecule has 208 valence electrons. The van der Waals surface area contributed by atoms with Crippen LogP contribution in [0, 0.1) is 5.92 Å². The zero-order valence-electron chi connectivity index (χ0n) is 21.6. The lowest BCUT2D eigenvalue weighted by Gasteiger charge is -2.31. The number of benzene rings is 2. The number of carbonyl (C=O) groups excluding carboxylic acids is 3. The van der Waals surface area contributed by atoms with Crippen LogP contribution in [0.4, 0.5) is 18.9 Å². The molecule has 2 aromatic rings. The van der Waals surface area contributed by atoms with Crippen molar-refractivity contribution < 1.29 is 37.5 Å². The molecule has 3 atom stereocenters. The van der Waals surface area contributed by atoms with Crippen molar-refractivity contribution in [3.8, 4) is 0 Å². The van der Waals surface area contributed by atoms with Crippen LogP contribution in [-0.2, 0) is 19.2 Å². The van der Waals surface area contributed by atoms with E-state index in [0.717, 1.165) is 22.9 Å². The zero-order valence-corrected chi connectivity index (χ0v) is 21.6. The predicted molar refractivity (Wildman–Crippen MR) is 136 cm³/mol. The Morgan fingerprint density at radius 3 is 2.21 bits per heavy atom. The first-order chi connectivity index (χ1) is 17.8. The third kappa shape index (κ3) is 7.91. The number of fused-ring (bicyclic) bond motifs is 1. The van der Waals surface area contributed by atoms with Gasteiger partial charge in [0.25, 0.3) is 0 Å². The third-order valence-electron chi connectivity index (χ3n) is 6.19. The van der Waals surface area contributed by atoms with Crippen LogP contribution in [0.25, 0.3) is 10.8 Å². The van der Waals surface area contributed by atoms with Gasteiger partial charge in [0.2, 0.25) is 17.7 Å². The fraction of sp³-hybridized carbons (Fsp3) is 0.462. The Labute approximate surface area is 218 Å². The van der Waals surface area contributed by atoms with Crippen molar-refractivity contribution >= 4 is 40.2 Å². The highest BCUT2D eigenvalue weighted by Gasteiger charge is 2.39. The SMILES string of the molecule is CN[C@@H](C)C(=O)N[C@H](C(=O)N1CCC[C@H]1C(=O)Nc1cccc2ccccc12)C(C)C.O=C(O)C(F)(F)F. The van der Waals surface area contributed by atoms with E-state index in [-0.39, 0.29) is 23.6 Å². The van der Waals surface area contributed by atoms with Gasteiger partial charge < -0.3 is 26.0 Å². The third-order valence-corrected chi connectivity index (χ3v) is 6.19. The van der Waals surface area contributed by atoms with Gasteiger partial charge >= 0.3 is 12.1 Å². The van der Waals surface area contributed by atoms with E-state index < -0.39 is 30.3 Å². The fourth-order valence-electron chi connectivity index (χ4n) is 3.96. The number of carbonyl (C=O) groups is 4. The number of carboxylic acids is 1. The molecule has 0 spiro atoms. The number of anilines is 1. The Morgan fingerprint density at radius 1 is 1.03 bits per heavy atom. The summed E-state index contributed by atoms with van der Waals surface area (Å²) in [5.74, 6) is -3.48. The van der Waals surface area contributed by atoms with E-state index in [1.54, 1.807) is 18.9 Å². The minimum absolute atomic E-state index is 0.0946. The number of nitrogens with one attached hydrogen (secondary N) is 3. The van der Waals surface area contributed by atoms with Crippen molar-refractivity contribution in [3.05, 3.63) is 42.5 Å². The minimum Gasteiger partial charge on any atom is -0.475 e. The van der Waals surface area contributed by atoms with Gasteiger partial charge in [-0.15, -0.1) is 0 Å². The van der Waals surface area contributed by atoms with E-state index >= 15 is 0 Å². The van der Waals surface area contributed by atoms with Crippen molar-refractivity contribution in [2.75, 3.05) is 18.9 Å². The first-order valence-electron chi connectivity index (χ1n) is 12.1. The molecular weight excluding hydrogens is 505 g/mol. The van der Waals surface area contributed by atoms with Gasteiger partial charge in [0, 0.05) is 17.6 Å². The topological polar surface area (TPSA) is 128 Å².